The van der Waals surface area contributed by atoms with E-state index >= 15 is 0 Å². The van der Waals surface area contributed by atoms with Gasteiger partial charge in [0.05, 0.1) is 12.5 Å². The summed E-state index contributed by atoms with van der Waals surface area (Å²) in [6, 6.07) is 8.74. The van der Waals surface area contributed by atoms with E-state index in [1.807, 2.05) is 24.3 Å². The van der Waals surface area contributed by atoms with Crippen LogP contribution in [0.1, 0.15) is 0 Å². The van der Waals surface area contributed by atoms with Crippen molar-refractivity contribution < 1.29 is 19.4 Å². The number of phenols is 2. The van der Waals surface area contributed by atoms with Crippen molar-refractivity contribution >= 4 is 43.4 Å². The molecule has 110 valence electrons. The molecule has 0 saturated heterocycles. The van der Waals surface area contributed by atoms with E-state index in [1.54, 1.807) is 0 Å². The maximum Gasteiger partial charge on any atom is 0.244 e. The molecule has 0 spiro atoms. The first-order valence-corrected chi connectivity index (χ1v) is 7.30. The van der Waals surface area contributed by atoms with Gasteiger partial charge in [-0.05, 0) is 18.2 Å². The lowest BCUT2D eigenvalue weighted by Crippen LogP contribution is -1.93. The van der Waals surface area contributed by atoms with Gasteiger partial charge in [0.15, 0.2) is 11.3 Å². The Morgan fingerprint density at radius 2 is 1.91 bits per heavy atom. The zero-order chi connectivity index (χ0) is 15.4. The van der Waals surface area contributed by atoms with Crippen molar-refractivity contribution in [2.45, 2.75) is 0 Å². The molecule has 4 rings (SSSR count). The van der Waals surface area contributed by atoms with Gasteiger partial charge in [0, 0.05) is 15.5 Å². The lowest BCUT2D eigenvalue weighted by Gasteiger charge is -2.04. The SMILES string of the molecule is COc1c(O)c(O)cc2c1oc1c3ccccc3sc(=O)c21. The molecule has 0 bridgehead atoms. The maximum atomic E-state index is 12.4. The second-order valence-electron chi connectivity index (χ2n) is 4.85. The van der Waals surface area contributed by atoms with E-state index in [0.29, 0.717) is 16.4 Å². The molecular weight excluding hydrogens is 304 g/mol. The van der Waals surface area contributed by atoms with Gasteiger partial charge < -0.3 is 19.4 Å². The van der Waals surface area contributed by atoms with E-state index in [0.717, 1.165) is 21.4 Å². The highest BCUT2D eigenvalue weighted by Crippen LogP contribution is 2.46. The first kappa shape index (κ1) is 13.0. The molecule has 2 aromatic carbocycles. The van der Waals surface area contributed by atoms with Crippen LogP contribution in [0.4, 0.5) is 0 Å². The highest BCUT2D eigenvalue weighted by atomic mass is 32.1. The maximum absolute atomic E-state index is 12.4. The average Bonchev–Trinajstić information content (AvgIpc) is 2.88. The van der Waals surface area contributed by atoms with Gasteiger partial charge in [-0.3, -0.25) is 4.79 Å². The number of ether oxygens (including phenoxy) is 1. The molecule has 2 aromatic heterocycles. The molecule has 0 saturated carbocycles. The number of hydrogen-bond donors (Lipinski definition) is 2. The van der Waals surface area contributed by atoms with Crippen LogP contribution in [-0.4, -0.2) is 17.3 Å². The lowest BCUT2D eigenvalue weighted by atomic mass is 10.1. The second-order valence-corrected chi connectivity index (χ2v) is 5.86. The van der Waals surface area contributed by atoms with E-state index in [2.05, 4.69) is 0 Å². The molecule has 0 atom stereocenters. The fraction of sp³-hybridized carbons (Fsp3) is 0.0625. The first-order chi connectivity index (χ1) is 10.6. The van der Waals surface area contributed by atoms with Crippen LogP contribution in [0.5, 0.6) is 17.2 Å². The Balaban J connectivity index is 2.35. The summed E-state index contributed by atoms with van der Waals surface area (Å²) in [6.07, 6.45) is 0. The van der Waals surface area contributed by atoms with Crippen LogP contribution in [0.2, 0.25) is 0 Å². The van der Waals surface area contributed by atoms with Crippen molar-refractivity contribution in [3.05, 3.63) is 39.9 Å². The Labute approximate surface area is 127 Å². The Morgan fingerprint density at radius 3 is 2.68 bits per heavy atom. The van der Waals surface area contributed by atoms with E-state index in [-0.39, 0.29) is 21.8 Å². The number of benzene rings is 2. The molecule has 0 aliphatic rings. The van der Waals surface area contributed by atoms with Crippen LogP contribution >= 0.6 is 11.3 Å². The summed E-state index contributed by atoms with van der Waals surface area (Å²) in [7, 11) is 1.36. The molecule has 4 aromatic rings. The minimum Gasteiger partial charge on any atom is -0.504 e. The third-order valence-corrected chi connectivity index (χ3v) is 4.60. The molecule has 0 radical (unpaired) electrons. The standard InChI is InChI=1S/C16H10O5S/c1-20-15-12(18)9(17)6-8-11-13(21-14(8)15)7-4-2-3-5-10(7)22-16(11)19/h2-6,17-18H,1H3. The highest BCUT2D eigenvalue weighted by Gasteiger charge is 2.22. The second kappa shape index (κ2) is 4.38. The summed E-state index contributed by atoms with van der Waals surface area (Å²) in [5.74, 6) is -0.751. The van der Waals surface area contributed by atoms with Crippen molar-refractivity contribution in [1.82, 2.24) is 0 Å². The van der Waals surface area contributed by atoms with E-state index in [1.165, 1.54) is 13.2 Å². The third-order valence-electron chi connectivity index (χ3n) is 3.63. The van der Waals surface area contributed by atoms with Gasteiger partial charge in [0.25, 0.3) is 0 Å². The molecule has 5 nitrogen and oxygen atoms in total. The Morgan fingerprint density at radius 1 is 1.14 bits per heavy atom. The van der Waals surface area contributed by atoms with Gasteiger partial charge in [-0.25, -0.2) is 0 Å². The molecule has 0 aliphatic carbocycles. The van der Waals surface area contributed by atoms with Gasteiger partial charge in [-0.15, -0.1) is 0 Å². The molecule has 2 heterocycles. The number of hydrogen-bond acceptors (Lipinski definition) is 6. The van der Waals surface area contributed by atoms with Crippen LogP contribution in [-0.2, 0) is 0 Å². The molecule has 0 aliphatic heterocycles. The monoisotopic (exact) mass is 314 g/mol. The zero-order valence-electron chi connectivity index (χ0n) is 11.4. The molecule has 0 amide bonds. The summed E-state index contributed by atoms with van der Waals surface area (Å²) >= 11 is 1.11. The van der Waals surface area contributed by atoms with E-state index in [4.69, 9.17) is 9.15 Å². The number of aromatic hydroxyl groups is 2. The minimum absolute atomic E-state index is 0.0136. The first-order valence-electron chi connectivity index (χ1n) is 6.48. The molecular formula is C16H10O5S. The number of fused-ring (bicyclic) bond motifs is 5. The van der Waals surface area contributed by atoms with Gasteiger partial charge in [-0.1, -0.05) is 23.5 Å². The molecule has 0 unspecified atom stereocenters. The van der Waals surface area contributed by atoms with Crippen LogP contribution < -0.4 is 9.48 Å². The summed E-state index contributed by atoms with van der Waals surface area (Å²) < 4.78 is 11.6. The Bertz CT molecular complexity index is 1110. The predicted octanol–water partition coefficient (Wildman–Crippen LogP) is 3.58. The molecule has 0 fully saturated rings. The molecule has 22 heavy (non-hydrogen) atoms. The molecule has 2 N–H and O–H groups in total. The van der Waals surface area contributed by atoms with E-state index in [9.17, 15) is 15.0 Å². The predicted molar refractivity (Wildman–Crippen MR) is 85.3 cm³/mol. The number of furan rings is 1. The number of methoxy groups -OCH3 is 1. The normalized spacial score (nSPS) is 11.5. The minimum atomic E-state index is -0.408. The Kier molecular flexibility index (Phi) is 2.58. The van der Waals surface area contributed by atoms with Gasteiger partial charge >= 0.3 is 0 Å². The quantitative estimate of drug-likeness (QED) is 0.525. The van der Waals surface area contributed by atoms with Crippen molar-refractivity contribution in [2.24, 2.45) is 0 Å². The van der Waals surface area contributed by atoms with Gasteiger partial charge in [0.1, 0.15) is 5.58 Å². The molecule has 6 heteroatoms. The lowest BCUT2D eigenvalue weighted by molar-refractivity contribution is 0.351. The van der Waals surface area contributed by atoms with Gasteiger partial charge in [-0.2, -0.15) is 0 Å². The van der Waals surface area contributed by atoms with Crippen LogP contribution in [0, 0.1) is 0 Å². The van der Waals surface area contributed by atoms with E-state index < -0.39 is 5.75 Å². The Hall–Kier alpha value is -2.73. The largest absolute Gasteiger partial charge is 0.504 e. The van der Waals surface area contributed by atoms with Crippen LogP contribution in [0.3, 0.4) is 0 Å². The van der Waals surface area contributed by atoms with Crippen molar-refractivity contribution in [3.8, 4) is 17.2 Å². The highest BCUT2D eigenvalue weighted by molar-refractivity contribution is 7.17. The smallest absolute Gasteiger partial charge is 0.244 e. The van der Waals surface area contributed by atoms with Gasteiger partial charge in [0.2, 0.25) is 16.2 Å². The van der Waals surface area contributed by atoms with Crippen LogP contribution in [0.15, 0.2) is 39.5 Å². The van der Waals surface area contributed by atoms with Crippen molar-refractivity contribution in [2.75, 3.05) is 7.11 Å². The summed E-state index contributed by atoms with van der Waals surface area (Å²) in [5.41, 5.74) is 0.672. The summed E-state index contributed by atoms with van der Waals surface area (Å²) in [4.78, 5) is 12.4. The van der Waals surface area contributed by atoms with Crippen LogP contribution in [0.25, 0.3) is 32.0 Å². The number of phenolic OH excluding ortho intramolecular Hbond substituents is 2. The van der Waals surface area contributed by atoms with Crippen molar-refractivity contribution in [1.29, 1.82) is 0 Å². The topological polar surface area (TPSA) is 79.9 Å². The average molecular weight is 314 g/mol. The zero-order valence-corrected chi connectivity index (χ0v) is 12.2. The summed E-state index contributed by atoms with van der Waals surface area (Å²) in [5, 5.41) is 21.3. The van der Waals surface area contributed by atoms with Crippen molar-refractivity contribution in [3.63, 3.8) is 0 Å². The summed E-state index contributed by atoms with van der Waals surface area (Å²) in [6.45, 7) is 0. The third kappa shape index (κ3) is 1.55. The number of rotatable bonds is 1. The fourth-order valence-corrected chi connectivity index (χ4v) is 3.58. The fourth-order valence-electron chi connectivity index (χ4n) is 2.66.